The number of fused-ring (bicyclic) bond motifs is 1. The SMILES string of the molecule is CC(CC(N)=NO)N1CCN2CCCCC2C1. The van der Waals surface area contributed by atoms with Gasteiger partial charge >= 0.3 is 0 Å². The summed E-state index contributed by atoms with van der Waals surface area (Å²) in [6, 6.07) is 1.10. The van der Waals surface area contributed by atoms with E-state index in [9.17, 15) is 0 Å². The fraction of sp³-hybridized carbons (Fsp3) is 0.917. The number of nitrogens with zero attached hydrogens (tertiary/aromatic N) is 3. The van der Waals surface area contributed by atoms with Gasteiger partial charge in [-0.05, 0) is 26.3 Å². The Hall–Kier alpha value is -0.810. The molecule has 2 aliphatic rings. The van der Waals surface area contributed by atoms with E-state index in [0.29, 0.717) is 18.3 Å². The molecular formula is C12H24N4O. The first kappa shape index (κ1) is 12.6. The fourth-order valence-electron chi connectivity index (χ4n) is 3.05. The normalized spacial score (nSPS) is 29.9. The largest absolute Gasteiger partial charge is 0.409 e. The van der Waals surface area contributed by atoms with Crippen LogP contribution in [0.25, 0.3) is 0 Å². The van der Waals surface area contributed by atoms with Gasteiger partial charge in [0.25, 0.3) is 0 Å². The zero-order valence-electron chi connectivity index (χ0n) is 10.7. The average Bonchev–Trinajstić information content (AvgIpc) is 2.38. The van der Waals surface area contributed by atoms with Crippen molar-refractivity contribution in [2.75, 3.05) is 26.2 Å². The topological polar surface area (TPSA) is 65.1 Å². The minimum atomic E-state index is 0.337. The summed E-state index contributed by atoms with van der Waals surface area (Å²) < 4.78 is 0. The number of hydrogen-bond donors (Lipinski definition) is 2. The van der Waals surface area contributed by atoms with Crippen LogP contribution in [-0.2, 0) is 0 Å². The highest BCUT2D eigenvalue weighted by Crippen LogP contribution is 2.22. The van der Waals surface area contributed by atoms with Gasteiger partial charge in [0.2, 0.25) is 0 Å². The Morgan fingerprint density at radius 3 is 3.00 bits per heavy atom. The van der Waals surface area contributed by atoms with Gasteiger partial charge in [0.05, 0.1) is 0 Å². The van der Waals surface area contributed by atoms with E-state index in [1.165, 1.54) is 32.4 Å². The third-order valence-corrected chi connectivity index (χ3v) is 4.13. The minimum absolute atomic E-state index is 0.337. The molecule has 3 N–H and O–H groups in total. The first-order valence-electron chi connectivity index (χ1n) is 6.65. The van der Waals surface area contributed by atoms with E-state index in [1.54, 1.807) is 0 Å². The smallest absolute Gasteiger partial charge is 0.140 e. The Bertz CT molecular complexity index is 282. The molecule has 17 heavy (non-hydrogen) atoms. The van der Waals surface area contributed by atoms with Gasteiger partial charge in [0.15, 0.2) is 0 Å². The van der Waals surface area contributed by atoms with Crippen LogP contribution in [0, 0.1) is 0 Å². The summed E-state index contributed by atoms with van der Waals surface area (Å²) in [5, 5.41) is 11.7. The molecule has 0 saturated carbocycles. The first-order valence-corrected chi connectivity index (χ1v) is 6.65. The summed E-state index contributed by atoms with van der Waals surface area (Å²) in [6.45, 7) is 6.85. The van der Waals surface area contributed by atoms with Crippen molar-refractivity contribution in [2.24, 2.45) is 10.9 Å². The number of amidine groups is 1. The van der Waals surface area contributed by atoms with E-state index in [0.717, 1.165) is 19.1 Å². The molecule has 2 rings (SSSR count). The predicted molar refractivity (Wildman–Crippen MR) is 68.3 cm³/mol. The highest BCUT2D eigenvalue weighted by molar-refractivity contribution is 5.80. The van der Waals surface area contributed by atoms with E-state index in [-0.39, 0.29) is 0 Å². The van der Waals surface area contributed by atoms with Crippen molar-refractivity contribution < 1.29 is 5.21 Å². The molecule has 0 aromatic rings. The maximum absolute atomic E-state index is 8.61. The van der Waals surface area contributed by atoms with E-state index in [4.69, 9.17) is 10.9 Å². The molecule has 0 aliphatic carbocycles. The van der Waals surface area contributed by atoms with Crippen LogP contribution in [0.15, 0.2) is 5.16 Å². The predicted octanol–water partition coefficient (Wildman–Crippen LogP) is 0.682. The minimum Gasteiger partial charge on any atom is -0.409 e. The molecule has 2 aliphatic heterocycles. The summed E-state index contributed by atoms with van der Waals surface area (Å²) >= 11 is 0. The van der Waals surface area contributed by atoms with Crippen LogP contribution in [0.4, 0.5) is 0 Å². The summed E-state index contributed by atoms with van der Waals surface area (Å²) in [6.07, 6.45) is 4.70. The molecule has 0 aromatic carbocycles. The monoisotopic (exact) mass is 240 g/mol. The van der Waals surface area contributed by atoms with Crippen molar-refractivity contribution in [3.05, 3.63) is 0 Å². The summed E-state index contributed by atoms with van der Waals surface area (Å²) in [5.74, 6) is 0.337. The number of piperidine rings is 1. The standard InChI is InChI=1S/C12H24N4O/c1-10(8-12(13)14-17)16-7-6-15-5-3-2-4-11(15)9-16/h10-11,17H,2-9H2,1H3,(H2,13,14). The van der Waals surface area contributed by atoms with Crippen LogP contribution >= 0.6 is 0 Å². The second-order valence-corrected chi connectivity index (χ2v) is 5.32. The number of rotatable bonds is 3. The maximum Gasteiger partial charge on any atom is 0.140 e. The van der Waals surface area contributed by atoms with Crippen LogP contribution in [0.3, 0.4) is 0 Å². The van der Waals surface area contributed by atoms with Gasteiger partial charge < -0.3 is 10.9 Å². The van der Waals surface area contributed by atoms with E-state index >= 15 is 0 Å². The zero-order valence-corrected chi connectivity index (χ0v) is 10.7. The molecular weight excluding hydrogens is 216 g/mol. The molecule has 98 valence electrons. The number of oxime groups is 1. The van der Waals surface area contributed by atoms with Gasteiger partial charge in [-0.2, -0.15) is 0 Å². The molecule has 2 saturated heterocycles. The third kappa shape index (κ3) is 3.10. The van der Waals surface area contributed by atoms with Crippen LogP contribution in [0.2, 0.25) is 0 Å². The lowest BCUT2D eigenvalue weighted by atomic mass is 9.98. The summed E-state index contributed by atoms with van der Waals surface area (Å²) in [5.41, 5.74) is 5.58. The summed E-state index contributed by atoms with van der Waals surface area (Å²) in [7, 11) is 0. The number of piperazine rings is 1. The van der Waals surface area contributed by atoms with Crippen LogP contribution in [0.5, 0.6) is 0 Å². The fourth-order valence-corrected chi connectivity index (χ4v) is 3.05. The second-order valence-electron chi connectivity index (χ2n) is 5.32. The molecule has 0 aromatic heterocycles. The van der Waals surface area contributed by atoms with Gasteiger partial charge in [-0.25, -0.2) is 0 Å². The highest BCUT2D eigenvalue weighted by atomic mass is 16.4. The molecule has 2 unspecified atom stereocenters. The quantitative estimate of drug-likeness (QED) is 0.329. The number of hydrogen-bond acceptors (Lipinski definition) is 4. The van der Waals surface area contributed by atoms with Gasteiger partial charge in [-0.3, -0.25) is 9.80 Å². The lowest BCUT2D eigenvalue weighted by Crippen LogP contribution is -2.57. The number of nitrogens with two attached hydrogens (primary N) is 1. The lowest BCUT2D eigenvalue weighted by Gasteiger charge is -2.46. The molecule has 2 fully saturated rings. The molecule has 0 amide bonds. The maximum atomic E-state index is 8.61. The Balaban J connectivity index is 1.86. The summed E-state index contributed by atoms with van der Waals surface area (Å²) in [4.78, 5) is 5.10. The molecule has 2 heterocycles. The Morgan fingerprint density at radius 1 is 1.41 bits per heavy atom. The molecule has 2 atom stereocenters. The van der Waals surface area contributed by atoms with Crippen LogP contribution in [-0.4, -0.2) is 59.1 Å². The van der Waals surface area contributed by atoms with Crippen molar-refractivity contribution in [3.63, 3.8) is 0 Å². The Kier molecular flexibility index (Phi) is 4.23. The van der Waals surface area contributed by atoms with Gasteiger partial charge in [0, 0.05) is 38.1 Å². The molecule has 0 radical (unpaired) electrons. The average molecular weight is 240 g/mol. The molecule has 5 heteroatoms. The highest BCUT2D eigenvalue weighted by Gasteiger charge is 2.30. The van der Waals surface area contributed by atoms with E-state index in [1.807, 2.05) is 0 Å². The Labute approximate surface area is 103 Å². The molecule has 5 nitrogen and oxygen atoms in total. The van der Waals surface area contributed by atoms with Crippen molar-refractivity contribution in [1.29, 1.82) is 0 Å². The van der Waals surface area contributed by atoms with E-state index < -0.39 is 0 Å². The molecule has 0 bridgehead atoms. The lowest BCUT2D eigenvalue weighted by molar-refractivity contribution is 0.0324. The second kappa shape index (κ2) is 5.69. The van der Waals surface area contributed by atoms with Crippen LogP contribution < -0.4 is 5.73 Å². The molecule has 0 spiro atoms. The Morgan fingerprint density at radius 2 is 2.24 bits per heavy atom. The zero-order chi connectivity index (χ0) is 12.3. The van der Waals surface area contributed by atoms with Gasteiger partial charge in [-0.15, -0.1) is 0 Å². The van der Waals surface area contributed by atoms with Gasteiger partial charge in [-0.1, -0.05) is 11.6 Å². The van der Waals surface area contributed by atoms with Crippen molar-refractivity contribution in [3.8, 4) is 0 Å². The van der Waals surface area contributed by atoms with Crippen molar-refractivity contribution in [2.45, 2.75) is 44.7 Å². The van der Waals surface area contributed by atoms with Gasteiger partial charge in [0.1, 0.15) is 5.84 Å². The first-order chi connectivity index (χ1) is 8.20. The van der Waals surface area contributed by atoms with Crippen LogP contribution in [0.1, 0.15) is 32.6 Å². The van der Waals surface area contributed by atoms with E-state index in [2.05, 4.69) is 21.9 Å². The third-order valence-electron chi connectivity index (χ3n) is 4.13. The van der Waals surface area contributed by atoms with Crippen molar-refractivity contribution in [1.82, 2.24) is 9.80 Å². The van der Waals surface area contributed by atoms with Crippen molar-refractivity contribution >= 4 is 5.84 Å².